The highest BCUT2D eigenvalue weighted by atomic mass is 16.5. The van der Waals surface area contributed by atoms with Gasteiger partial charge in [0.15, 0.2) is 0 Å². The highest BCUT2D eigenvalue weighted by Crippen LogP contribution is 2.26. The number of rotatable bonds is 4. The fourth-order valence-corrected chi connectivity index (χ4v) is 1.44. The summed E-state index contributed by atoms with van der Waals surface area (Å²) in [4.78, 5) is 0. The Bertz CT molecular complexity index is 318. The van der Waals surface area contributed by atoms with Crippen molar-refractivity contribution in [2.75, 3.05) is 13.7 Å². The Hall–Kier alpha value is -0.860. The maximum absolute atomic E-state index is 9.30. The minimum absolute atomic E-state index is 0.0967. The Balaban J connectivity index is 3.02. The summed E-state index contributed by atoms with van der Waals surface area (Å²) in [6.07, 6.45) is 0.0967. The largest absolute Gasteiger partial charge is 0.395 e. The fourth-order valence-electron chi connectivity index (χ4n) is 1.44. The van der Waals surface area contributed by atoms with E-state index in [0.717, 1.165) is 11.1 Å². The zero-order chi connectivity index (χ0) is 11.5. The highest BCUT2D eigenvalue weighted by Gasteiger charge is 2.19. The fraction of sp³-hybridized carbons (Fsp3) is 0.538. The van der Waals surface area contributed by atoms with E-state index in [-0.39, 0.29) is 18.1 Å². The molecule has 0 fully saturated rings. The molecule has 15 heavy (non-hydrogen) atoms. The van der Waals surface area contributed by atoms with E-state index < -0.39 is 0 Å². The molecule has 1 rings (SSSR count). The Labute approximate surface area is 91.9 Å². The van der Waals surface area contributed by atoms with Crippen molar-refractivity contribution in [1.29, 1.82) is 0 Å². The van der Waals surface area contributed by atoms with E-state index in [2.05, 4.69) is 6.07 Å². The van der Waals surface area contributed by atoms with Crippen molar-refractivity contribution in [3.63, 3.8) is 0 Å². The zero-order valence-electron chi connectivity index (χ0n) is 9.95. The molecule has 1 N–H and O–H groups in total. The highest BCUT2D eigenvalue weighted by molar-refractivity contribution is 5.30. The van der Waals surface area contributed by atoms with Crippen molar-refractivity contribution in [3.05, 3.63) is 35.4 Å². The first-order chi connectivity index (χ1) is 7.01. The second-order valence-electron chi connectivity index (χ2n) is 4.55. The van der Waals surface area contributed by atoms with Crippen molar-refractivity contribution in [2.24, 2.45) is 0 Å². The van der Waals surface area contributed by atoms with Crippen LogP contribution in [-0.2, 0) is 10.2 Å². The molecule has 0 aliphatic carbocycles. The first-order valence-corrected chi connectivity index (χ1v) is 5.25. The predicted octanol–water partition coefficient (Wildman–Crippen LogP) is 2.66. The topological polar surface area (TPSA) is 29.5 Å². The van der Waals surface area contributed by atoms with Crippen LogP contribution < -0.4 is 0 Å². The molecule has 0 saturated heterocycles. The standard InChI is InChI=1S/C13H20O2/c1-10(15-4)11-6-5-7-12(8-11)13(2,3)9-14/h5-8,10,14H,9H2,1-4H3. The lowest BCUT2D eigenvalue weighted by molar-refractivity contribution is 0.119. The van der Waals surface area contributed by atoms with Gasteiger partial charge in [-0.05, 0) is 18.1 Å². The average molecular weight is 208 g/mol. The van der Waals surface area contributed by atoms with Crippen molar-refractivity contribution < 1.29 is 9.84 Å². The number of methoxy groups -OCH3 is 1. The molecule has 1 unspecified atom stereocenters. The van der Waals surface area contributed by atoms with Crippen LogP contribution in [-0.4, -0.2) is 18.8 Å². The van der Waals surface area contributed by atoms with Gasteiger partial charge in [-0.25, -0.2) is 0 Å². The minimum atomic E-state index is -0.191. The second-order valence-corrected chi connectivity index (χ2v) is 4.55. The van der Waals surface area contributed by atoms with Crippen LogP contribution >= 0.6 is 0 Å². The van der Waals surface area contributed by atoms with Crippen LogP contribution in [0.1, 0.15) is 38.0 Å². The van der Waals surface area contributed by atoms with Crippen molar-refractivity contribution in [3.8, 4) is 0 Å². The molecule has 0 heterocycles. The van der Waals surface area contributed by atoms with Crippen molar-refractivity contribution in [2.45, 2.75) is 32.3 Å². The number of hydrogen-bond donors (Lipinski definition) is 1. The molecule has 0 amide bonds. The van der Waals surface area contributed by atoms with Crippen LogP contribution in [0, 0.1) is 0 Å². The van der Waals surface area contributed by atoms with Crippen LogP contribution in [0.3, 0.4) is 0 Å². The van der Waals surface area contributed by atoms with E-state index in [1.165, 1.54) is 0 Å². The number of aliphatic hydroxyl groups is 1. The summed E-state index contributed by atoms with van der Waals surface area (Å²) in [5.41, 5.74) is 2.10. The van der Waals surface area contributed by atoms with Gasteiger partial charge in [0.25, 0.3) is 0 Å². The quantitative estimate of drug-likeness (QED) is 0.824. The number of hydrogen-bond acceptors (Lipinski definition) is 2. The van der Waals surface area contributed by atoms with Gasteiger partial charge in [0.2, 0.25) is 0 Å². The normalized spacial score (nSPS) is 13.9. The van der Waals surface area contributed by atoms with Gasteiger partial charge in [0, 0.05) is 12.5 Å². The lowest BCUT2D eigenvalue weighted by atomic mass is 9.84. The number of ether oxygens (including phenoxy) is 1. The minimum Gasteiger partial charge on any atom is -0.395 e. The third kappa shape index (κ3) is 2.80. The molecule has 0 aliphatic heterocycles. The summed E-state index contributed by atoms with van der Waals surface area (Å²) in [6, 6.07) is 8.20. The molecule has 0 bridgehead atoms. The van der Waals surface area contributed by atoms with Gasteiger partial charge >= 0.3 is 0 Å². The molecule has 0 radical (unpaired) electrons. The first-order valence-electron chi connectivity index (χ1n) is 5.25. The van der Waals surface area contributed by atoms with E-state index in [0.29, 0.717) is 0 Å². The third-order valence-corrected chi connectivity index (χ3v) is 2.89. The summed E-state index contributed by atoms with van der Waals surface area (Å²) >= 11 is 0. The average Bonchev–Trinajstić information content (AvgIpc) is 2.28. The van der Waals surface area contributed by atoms with Crippen LogP contribution in [0.2, 0.25) is 0 Å². The Morgan fingerprint density at radius 3 is 2.60 bits per heavy atom. The first kappa shape index (κ1) is 12.2. The van der Waals surface area contributed by atoms with Gasteiger partial charge in [-0.1, -0.05) is 38.1 Å². The van der Waals surface area contributed by atoms with Gasteiger partial charge in [-0.15, -0.1) is 0 Å². The number of benzene rings is 1. The zero-order valence-corrected chi connectivity index (χ0v) is 9.95. The van der Waals surface area contributed by atoms with Gasteiger partial charge in [0.05, 0.1) is 12.7 Å². The predicted molar refractivity (Wildman–Crippen MR) is 62.0 cm³/mol. The summed E-state index contributed by atoms with van der Waals surface area (Å²) in [7, 11) is 1.70. The van der Waals surface area contributed by atoms with Crippen LogP contribution in [0.25, 0.3) is 0 Å². The van der Waals surface area contributed by atoms with Crippen molar-refractivity contribution in [1.82, 2.24) is 0 Å². The van der Waals surface area contributed by atoms with Crippen LogP contribution in [0.15, 0.2) is 24.3 Å². The van der Waals surface area contributed by atoms with E-state index in [1.807, 2.05) is 39.0 Å². The van der Waals surface area contributed by atoms with Gasteiger partial charge in [0.1, 0.15) is 0 Å². The smallest absolute Gasteiger partial charge is 0.0793 e. The molecule has 1 aromatic carbocycles. The number of aliphatic hydroxyl groups excluding tert-OH is 1. The molecule has 0 aromatic heterocycles. The van der Waals surface area contributed by atoms with Gasteiger partial charge in [-0.2, -0.15) is 0 Å². The summed E-state index contributed by atoms with van der Waals surface area (Å²) in [5, 5.41) is 9.30. The van der Waals surface area contributed by atoms with E-state index >= 15 is 0 Å². The molecule has 2 nitrogen and oxygen atoms in total. The molecule has 1 atom stereocenters. The Morgan fingerprint density at radius 1 is 1.40 bits per heavy atom. The SMILES string of the molecule is COC(C)c1cccc(C(C)(C)CO)c1. The maximum Gasteiger partial charge on any atom is 0.0793 e. The van der Waals surface area contributed by atoms with Crippen LogP contribution in [0.5, 0.6) is 0 Å². The molecule has 1 aromatic rings. The summed E-state index contributed by atoms with van der Waals surface area (Å²) in [5.74, 6) is 0. The second kappa shape index (κ2) is 4.77. The van der Waals surface area contributed by atoms with Gasteiger partial charge in [-0.3, -0.25) is 0 Å². The molecular weight excluding hydrogens is 188 g/mol. The Morgan fingerprint density at radius 2 is 2.07 bits per heavy atom. The molecule has 84 valence electrons. The molecule has 0 spiro atoms. The van der Waals surface area contributed by atoms with Gasteiger partial charge < -0.3 is 9.84 Å². The van der Waals surface area contributed by atoms with E-state index in [4.69, 9.17) is 4.74 Å². The molecule has 2 heteroatoms. The third-order valence-electron chi connectivity index (χ3n) is 2.89. The van der Waals surface area contributed by atoms with Crippen molar-refractivity contribution >= 4 is 0 Å². The van der Waals surface area contributed by atoms with E-state index in [9.17, 15) is 5.11 Å². The lowest BCUT2D eigenvalue weighted by Crippen LogP contribution is -2.22. The molecule has 0 aliphatic rings. The monoisotopic (exact) mass is 208 g/mol. The summed E-state index contributed by atoms with van der Waals surface area (Å²) < 4.78 is 5.28. The molecule has 0 saturated carbocycles. The molecular formula is C13H20O2. The maximum atomic E-state index is 9.30. The summed E-state index contributed by atoms with van der Waals surface area (Å²) in [6.45, 7) is 6.23. The Kier molecular flexibility index (Phi) is 3.89. The lowest BCUT2D eigenvalue weighted by Gasteiger charge is -2.23. The van der Waals surface area contributed by atoms with E-state index in [1.54, 1.807) is 7.11 Å². The van der Waals surface area contributed by atoms with Crippen LogP contribution in [0.4, 0.5) is 0 Å².